The summed E-state index contributed by atoms with van der Waals surface area (Å²) in [7, 11) is 0. The SMILES string of the molecule is CC(Oc1ccc(Cl)cc1Cl)C(=O)Nc1ccc(F)cc1N. The Bertz CT molecular complexity index is 710. The maximum Gasteiger partial charge on any atom is 0.265 e. The van der Waals surface area contributed by atoms with Gasteiger partial charge in [-0.05, 0) is 43.3 Å². The van der Waals surface area contributed by atoms with Crippen molar-refractivity contribution in [1.29, 1.82) is 0 Å². The van der Waals surface area contributed by atoms with Crippen LogP contribution in [0.2, 0.25) is 10.0 Å². The molecule has 2 aromatic rings. The van der Waals surface area contributed by atoms with Crippen LogP contribution in [-0.4, -0.2) is 12.0 Å². The molecule has 0 aliphatic rings. The average molecular weight is 343 g/mol. The molecule has 0 fully saturated rings. The predicted molar refractivity (Wildman–Crippen MR) is 86.0 cm³/mol. The third-order valence-corrected chi connectivity index (χ3v) is 3.37. The second-order valence-electron chi connectivity index (χ2n) is 4.56. The van der Waals surface area contributed by atoms with E-state index in [-0.39, 0.29) is 5.69 Å². The number of amides is 1. The van der Waals surface area contributed by atoms with Gasteiger partial charge in [0.2, 0.25) is 0 Å². The molecule has 3 N–H and O–H groups in total. The molecule has 1 unspecified atom stereocenters. The van der Waals surface area contributed by atoms with Crippen LogP contribution >= 0.6 is 23.2 Å². The summed E-state index contributed by atoms with van der Waals surface area (Å²) in [6.07, 6.45) is -0.830. The summed E-state index contributed by atoms with van der Waals surface area (Å²) >= 11 is 11.8. The van der Waals surface area contributed by atoms with Gasteiger partial charge in [0.1, 0.15) is 11.6 Å². The topological polar surface area (TPSA) is 64.3 Å². The molecule has 0 radical (unpaired) electrons. The lowest BCUT2D eigenvalue weighted by molar-refractivity contribution is -0.122. The molecular formula is C15H13Cl2FN2O2. The van der Waals surface area contributed by atoms with Crippen molar-refractivity contribution in [2.45, 2.75) is 13.0 Å². The Labute approximate surface area is 137 Å². The Morgan fingerprint density at radius 2 is 2.00 bits per heavy atom. The molecule has 22 heavy (non-hydrogen) atoms. The number of anilines is 2. The molecule has 1 atom stereocenters. The van der Waals surface area contributed by atoms with Gasteiger partial charge in [0.25, 0.3) is 5.91 Å². The van der Waals surface area contributed by atoms with E-state index in [0.717, 1.165) is 6.07 Å². The first kappa shape index (κ1) is 16.4. The van der Waals surface area contributed by atoms with Gasteiger partial charge in [0, 0.05) is 5.02 Å². The van der Waals surface area contributed by atoms with Crippen LogP contribution in [0.3, 0.4) is 0 Å². The first-order chi connectivity index (χ1) is 10.4. The molecule has 0 aromatic heterocycles. The zero-order valence-electron chi connectivity index (χ0n) is 11.6. The van der Waals surface area contributed by atoms with Gasteiger partial charge in [-0.3, -0.25) is 4.79 Å². The summed E-state index contributed by atoms with van der Waals surface area (Å²) in [5.41, 5.74) is 6.07. The summed E-state index contributed by atoms with van der Waals surface area (Å²) in [6, 6.07) is 8.39. The van der Waals surface area contributed by atoms with E-state index >= 15 is 0 Å². The van der Waals surface area contributed by atoms with Crippen LogP contribution in [0, 0.1) is 5.82 Å². The van der Waals surface area contributed by atoms with Crippen LogP contribution in [0.4, 0.5) is 15.8 Å². The monoisotopic (exact) mass is 342 g/mol. The van der Waals surface area contributed by atoms with E-state index in [9.17, 15) is 9.18 Å². The largest absolute Gasteiger partial charge is 0.479 e. The number of hydrogen-bond donors (Lipinski definition) is 2. The number of carbonyl (C=O) groups excluding carboxylic acids is 1. The maximum atomic E-state index is 13.0. The minimum absolute atomic E-state index is 0.130. The number of halogens is 3. The standard InChI is InChI=1S/C15H13Cl2FN2O2/c1-8(22-14-5-2-9(16)6-11(14)17)15(21)20-13-4-3-10(18)7-12(13)19/h2-8H,19H2,1H3,(H,20,21). The fraction of sp³-hybridized carbons (Fsp3) is 0.133. The fourth-order valence-corrected chi connectivity index (χ4v) is 2.15. The lowest BCUT2D eigenvalue weighted by Gasteiger charge is -2.16. The van der Waals surface area contributed by atoms with Crippen molar-refractivity contribution in [2.75, 3.05) is 11.1 Å². The second kappa shape index (κ2) is 6.85. The van der Waals surface area contributed by atoms with Crippen LogP contribution in [0.15, 0.2) is 36.4 Å². The van der Waals surface area contributed by atoms with Gasteiger partial charge in [0.15, 0.2) is 6.10 Å². The number of hydrogen-bond acceptors (Lipinski definition) is 3. The van der Waals surface area contributed by atoms with Crippen LogP contribution in [0.1, 0.15) is 6.92 Å². The van der Waals surface area contributed by atoms with Gasteiger partial charge in [-0.25, -0.2) is 4.39 Å². The van der Waals surface area contributed by atoms with E-state index in [1.807, 2.05) is 0 Å². The predicted octanol–water partition coefficient (Wildman–Crippen LogP) is 4.12. The minimum atomic E-state index is -0.830. The van der Waals surface area contributed by atoms with Crippen LogP contribution < -0.4 is 15.8 Å². The van der Waals surface area contributed by atoms with Crippen molar-refractivity contribution in [1.82, 2.24) is 0 Å². The molecule has 116 valence electrons. The Hall–Kier alpha value is -1.98. The first-order valence-corrected chi connectivity index (χ1v) is 7.10. The average Bonchev–Trinajstić information content (AvgIpc) is 2.44. The highest BCUT2D eigenvalue weighted by atomic mass is 35.5. The Morgan fingerprint density at radius 3 is 2.64 bits per heavy atom. The molecule has 0 spiro atoms. The van der Waals surface area contributed by atoms with Crippen molar-refractivity contribution in [3.63, 3.8) is 0 Å². The zero-order chi connectivity index (χ0) is 16.3. The van der Waals surface area contributed by atoms with Crippen molar-refractivity contribution >= 4 is 40.5 Å². The van der Waals surface area contributed by atoms with E-state index in [0.29, 0.717) is 21.5 Å². The quantitative estimate of drug-likeness (QED) is 0.821. The first-order valence-electron chi connectivity index (χ1n) is 6.34. The third-order valence-electron chi connectivity index (χ3n) is 2.84. The summed E-state index contributed by atoms with van der Waals surface area (Å²) in [5, 5.41) is 3.33. The van der Waals surface area contributed by atoms with Gasteiger partial charge in [-0.15, -0.1) is 0 Å². The summed E-state index contributed by atoms with van der Waals surface area (Å²) in [4.78, 5) is 12.1. The van der Waals surface area contributed by atoms with E-state index in [1.54, 1.807) is 19.1 Å². The zero-order valence-corrected chi connectivity index (χ0v) is 13.1. The van der Waals surface area contributed by atoms with Gasteiger partial charge >= 0.3 is 0 Å². The van der Waals surface area contributed by atoms with Crippen molar-refractivity contribution in [3.05, 3.63) is 52.3 Å². The molecule has 0 saturated heterocycles. The Morgan fingerprint density at radius 1 is 1.27 bits per heavy atom. The molecule has 0 bridgehead atoms. The van der Waals surface area contributed by atoms with Gasteiger partial charge in [-0.1, -0.05) is 23.2 Å². The molecule has 1 amide bonds. The highest BCUT2D eigenvalue weighted by Crippen LogP contribution is 2.28. The fourth-order valence-electron chi connectivity index (χ4n) is 1.70. The molecule has 2 aromatic carbocycles. The van der Waals surface area contributed by atoms with Crippen LogP contribution in [0.25, 0.3) is 0 Å². The summed E-state index contributed by atoms with van der Waals surface area (Å²) in [6.45, 7) is 1.56. The molecule has 0 saturated carbocycles. The molecule has 7 heteroatoms. The molecule has 4 nitrogen and oxygen atoms in total. The number of rotatable bonds is 4. The highest BCUT2D eigenvalue weighted by molar-refractivity contribution is 6.35. The number of ether oxygens (including phenoxy) is 1. The van der Waals surface area contributed by atoms with Gasteiger partial charge in [-0.2, -0.15) is 0 Å². The van der Waals surface area contributed by atoms with E-state index in [2.05, 4.69) is 5.32 Å². The molecule has 0 aliphatic heterocycles. The summed E-state index contributed by atoms with van der Waals surface area (Å²) < 4.78 is 18.4. The van der Waals surface area contributed by atoms with Crippen molar-refractivity contribution < 1.29 is 13.9 Å². The Balaban J connectivity index is 2.05. The van der Waals surface area contributed by atoms with Crippen LogP contribution in [0.5, 0.6) is 5.75 Å². The number of nitrogens with one attached hydrogen (secondary N) is 1. The van der Waals surface area contributed by atoms with Crippen LogP contribution in [-0.2, 0) is 4.79 Å². The van der Waals surface area contributed by atoms with E-state index in [4.69, 9.17) is 33.7 Å². The maximum absolute atomic E-state index is 13.0. The van der Waals surface area contributed by atoms with Gasteiger partial charge < -0.3 is 15.8 Å². The molecule has 0 heterocycles. The second-order valence-corrected chi connectivity index (χ2v) is 5.40. The number of carbonyl (C=O) groups is 1. The number of benzene rings is 2. The number of nitrogens with two attached hydrogens (primary N) is 1. The molecule has 2 rings (SSSR count). The van der Waals surface area contributed by atoms with Gasteiger partial charge in [0.05, 0.1) is 16.4 Å². The highest BCUT2D eigenvalue weighted by Gasteiger charge is 2.17. The lowest BCUT2D eigenvalue weighted by atomic mass is 10.2. The summed E-state index contributed by atoms with van der Waals surface area (Å²) in [5.74, 6) is -0.585. The Kier molecular flexibility index (Phi) is 5.11. The number of nitrogen functional groups attached to an aromatic ring is 1. The smallest absolute Gasteiger partial charge is 0.265 e. The van der Waals surface area contributed by atoms with E-state index in [1.165, 1.54) is 18.2 Å². The molecule has 0 aliphatic carbocycles. The van der Waals surface area contributed by atoms with E-state index < -0.39 is 17.8 Å². The van der Waals surface area contributed by atoms with Crippen molar-refractivity contribution in [2.24, 2.45) is 0 Å². The normalized spacial score (nSPS) is 11.8. The lowest BCUT2D eigenvalue weighted by Crippen LogP contribution is -2.30. The third kappa shape index (κ3) is 4.02. The minimum Gasteiger partial charge on any atom is -0.479 e. The van der Waals surface area contributed by atoms with Crippen molar-refractivity contribution in [3.8, 4) is 5.75 Å². The molecular weight excluding hydrogens is 330 g/mol.